The van der Waals surface area contributed by atoms with Gasteiger partial charge in [0.25, 0.3) is 5.91 Å². The number of hydrogen-bond donors (Lipinski definition) is 1. The van der Waals surface area contributed by atoms with E-state index in [4.69, 9.17) is 9.47 Å². The molecule has 26 heavy (non-hydrogen) atoms. The van der Waals surface area contributed by atoms with E-state index < -0.39 is 0 Å². The monoisotopic (exact) mass is 351 g/mol. The van der Waals surface area contributed by atoms with Crippen LogP contribution in [0.15, 0.2) is 66.9 Å². The van der Waals surface area contributed by atoms with E-state index in [1.165, 1.54) is 7.11 Å². The predicted octanol–water partition coefficient (Wildman–Crippen LogP) is 3.00. The van der Waals surface area contributed by atoms with E-state index >= 15 is 0 Å². The molecule has 0 saturated heterocycles. The lowest BCUT2D eigenvalue weighted by Gasteiger charge is -2.16. The van der Waals surface area contributed by atoms with E-state index in [0.717, 1.165) is 11.3 Å². The average molecular weight is 351 g/mol. The summed E-state index contributed by atoms with van der Waals surface area (Å²) in [4.78, 5) is 12.6. The van der Waals surface area contributed by atoms with Crippen LogP contribution in [-0.4, -0.2) is 36.5 Å². The fourth-order valence-corrected chi connectivity index (χ4v) is 2.65. The van der Waals surface area contributed by atoms with E-state index in [1.54, 1.807) is 18.0 Å². The van der Waals surface area contributed by atoms with E-state index in [9.17, 15) is 4.79 Å². The molecule has 1 heterocycles. The molecule has 0 aliphatic heterocycles. The number of benzene rings is 2. The number of amides is 1. The van der Waals surface area contributed by atoms with Crippen molar-refractivity contribution in [3.63, 3.8) is 0 Å². The second kappa shape index (κ2) is 8.31. The van der Waals surface area contributed by atoms with Gasteiger partial charge in [-0.15, -0.1) is 0 Å². The third kappa shape index (κ3) is 3.92. The van der Waals surface area contributed by atoms with Gasteiger partial charge in [0, 0.05) is 13.7 Å². The molecule has 134 valence electrons. The normalized spacial score (nSPS) is 11.8. The number of nitrogens with zero attached hydrogens (tertiary/aromatic N) is 2. The van der Waals surface area contributed by atoms with Gasteiger partial charge in [-0.1, -0.05) is 48.5 Å². The zero-order valence-electron chi connectivity index (χ0n) is 14.8. The van der Waals surface area contributed by atoms with Gasteiger partial charge in [-0.05, 0) is 17.7 Å². The first-order valence-corrected chi connectivity index (χ1v) is 8.28. The molecule has 0 bridgehead atoms. The zero-order chi connectivity index (χ0) is 18.4. The van der Waals surface area contributed by atoms with Crippen LogP contribution in [0.1, 0.15) is 22.2 Å². The number of methoxy groups -OCH3 is 2. The highest BCUT2D eigenvalue weighted by molar-refractivity contribution is 5.95. The quantitative estimate of drug-likeness (QED) is 0.711. The van der Waals surface area contributed by atoms with Crippen LogP contribution in [0.4, 0.5) is 0 Å². The molecule has 1 amide bonds. The topological polar surface area (TPSA) is 65.4 Å². The Labute approximate surface area is 152 Å². The average Bonchev–Trinajstić information content (AvgIpc) is 3.14. The van der Waals surface area contributed by atoms with Crippen LogP contribution in [0.25, 0.3) is 5.69 Å². The van der Waals surface area contributed by atoms with Crippen molar-refractivity contribution in [3.8, 4) is 11.4 Å². The number of carbonyl (C=O) groups is 1. The molecular formula is C20H21N3O3. The highest BCUT2D eigenvalue weighted by Gasteiger charge is 2.20. The van der Waals surface area contributed by atoms with Crippen molar-refractivity contribution in [3.05, 3.63) is 78.1 Å². The van der Waals surface area contributed by atoms with Crippen molar-refractivity contribution >= 4 is 5.91 Å². The largest absolute Gasteiger partial charge is 0.493 e. The second-order valence-corrected chi connectivity index (χ2v) is 5.67. The summed E-state index contributed by atoms with van der Waals surface area (Å²) < 4.78 is 12.4. The Kier molecular flexibility index (Phi) is 5.66. The first-order valence-electron chi connectivity index (χ1n) is 8.28. The summed E-state index contributed by atoms with van der Waals surface area (Å²) in [7, 11) is 3.14. The van der Waals surface area contributed by atoms with Gasteiger partial charge in [-0.3, -0.25) is 4.79 Å². The molecule has 0 fully saturated rings. The van der Waals surface area contributed by atoms with Crippen LogP contribution in [0.2, 0.25) is 0 Å². The molecule has 3 rings (SSSR count). The van der Waals surface area contributed by atoms with Gasteiger partial charge < -0.3 is 14.8 Å². The van der Waals surface area contributed by atoms with E-state index in [1.807, 2.05) is 60.7 Å². The van der Waals surface area contributed by atoms with Crippen molar-refractivity contribution in [1.29, 1.82) is 0 Å². The molecule has 1 N–H and O–H groups in total. The Morgan fingerprint density at radius 2 is 1.73 bits per heavy atom. The van der Waals surface area contributed by atoms with Crippen molar-refractivity contribution in [2.75, 3.05) is 20.8 Å². The SMILES string of the molecule is COc1cn(-c2ccccc2)nc1C(=O)NCC(OC)c1ccccc1. The van der Waals surface area contributed by atoms with E-state index in [-0.39, 0.29) is 17.7 Å². The van der Waals surface area contributed by atoms with Crippen molar-refractivity contribution in [2.24, 2.45) is 0 Å². The minimum atomic E-state index is -0.311. The fourth-order valence-electron chi connectivity index (χ4n) is 2.65. The van der Waals surface area contributed by atoms with Gasteiger partial charge >= 0.3 is 0 Å². The molecule has 2 aromatic carbocycles. The van der Waals surface area contributed by atoms with Crippen molar-refractivity contribution < 1.29 is 14.3 Å². The van der Waals surface area contributed by atoms with Crippen molar-refractivity contribution in [2.45, 2.75) is 6.10 Å². The Morgan fingerprint density at radius 1 is 1.08 bits per heavy atom. The van der Waals surface area contributed by atoms with Crippen LogP contribution in [0.3, 0.4) is 0 Å². The molecule has 1 unspecified atom stereocenters. The van der Waals surface area contributed by atoms with Crippen molar-refractivity contribution in [1.82, 2.24) is 15.1 Å². The Bertz CT molecular complexity index is 847. The third-order valence-electron chi connectivity index (χ3n) is 4.04. The van der Waals surface area contributed by atoms with Crippen LogP contribution in [0.5, 0.6) is 5.75 Å². The summed E-state index contributed by atoms with van der Waals surface area (Å²) in [5, 5.41) is 7.23. The second-order valence-electron chi connectivity index (χ2n) is 5.67. The Hall–Kier alpha value is -3.12. The molecule has 6 nitrogen and oxygen atoms in total. The molecule has 0 aliphatic rings. The Morgan fingerprint density at radius 3 is 2.35 bits per heavy atom. The highest BCUT2D eigenvalue weighted by Crippen LogP contribution is 2.20. The minimum absolute atomic E-state index is 0.234. The van der Waals surface area contributed by atoms with E-state index in [0.29, 0.717) is 12.3 Å². The number of nitrogens with one attached hydrogen (secondary N) is 1. The van der Waals surface area contributed by atoms with Gasteiger partial charge in [0.1, 0.15) is 0 Å². The standard InChI is InChI=1S/C20H21N3O3/c1-25-17(15-9-5-3-6-10-15)13-21-20(24)19-18(26-2)14-23(22-19)16-11-7-4-8-12-16/h3-12,14,17H,13H2,1-2H3,(H,21,24). The summed E-state index contributed by atoms with van der Waals surface area (Å²) in [6.07, 6.45) is 1.46. The highest BCUT2D eigenvalue weighted by atomic mass is 16.5. The van der Waals surface area contributed by atoms with E-state index in [2.05, 4.69) is 10.4 Å². The van der Waals surface area contributed by atoms with Gasteiger partial charge in [0.05, 0.1) is 25.1 Å². The van der Waals surface area contributed by atoms with Gasteiger partial charge in [-0.25, -0.2) is 4.68 Å². The number of para-hydroxylation sites is 1. The summed E-state index contributed by atoms with van der Waals surface area (Å²) in [6, 6.07) is 19.3. The molecule has 1 aromatic heterocycles. The molecule has 0 spiro atoms. The summed E-state index contributed by atoms with van der Waals surface area (Å²) >= 11 is 0. The summed E-state index contributed by atoms with van der Waals surface area (Å²) in [5.74, 6) is 0.106. The molecule has 0 radical (unpaired) electrons. The predicted molar refractivity (Wildman–Crippen MR) is 98.6 cm³/mol. The number of aromatic nitrogens is 2. The Balaban J connectivity index is 1.74. The number of rotatable bonds is 7. The van der Waals surface area contributed by atoms with Gasteiger partial charge in [-0.2, -0.15) is 5.10 Å². The molecule has 3 aromatic rings. The first kappa shape index (κ1) is 17.7. The molecule has 1 atom stereocenters. The lowest BCUT2D eigenvalue weighted by atomic mass is 10.1. The number of ether oxygens (including phenoxy) is 2. The minimum Gasteiger partial charge on any atom is -0.493 e. The number of hydrogen-bond acceptors (Lipinski definition) is 4. The van der Waals surface area contributed by atoms with Crippen LogP contribution < -0.4 is 10.1 Å². The molecule has 0 saturated carbocycles. The maximum atomic E-state index is 12.6. The maximum Gasteiger partial charge on any atom is 0.275 e. The van der Waals surface area contributed by atoms with Crippen LogP contribution in [0, 0.1) is 0 Å². The van der Waals surface area contributed by atoms with Gasteiger partial charge in [0.15, 0.2) is 11.4 Å². The maximum absolute atomic E-state index is 12.6. The smallest absolute Gasteiger partial charge is 0.275 e. The van der Waals surface area contributed by atoms with Crippen LogP contribution >= 0.6 is 0 Å². The lowest BCUT2D eigenvalue weighted by molar-refractivity contribution is 0.0821. The third-order valence-corrected chi connectivity index (χ3v) is 4.04. The zero-order valence-corrected chi connectivity index (χ0v) is 14.8. The molecule has 6 heteroatoms. The molecular weight excluding hydrogens is 330 g/mol. The lowest BCUT2D eigenvalue weighted by Crippen LogP contribution is -2.29. The van der Waals surface area contributed by atoms with Crippen LogP contribution in [-0.2, 0) is 4.74 Å². The number of carbonyl (C=O) groups excluding carboxylic acids is 1. The first-order chi connectivity index (χ1) is 12.7. The fraction of sp³-hybridized carbons (Fsp3) is 0.200. The van der Waals surface area contributed by atoms with Gasteiger partial charge in [0.2, 0.25) is 0 Å². The summed E-state index contributed by atoms with van der Waals surface area (Å²) in [6.45, 7) is 0.334. The summed E-state index contributed by atoms with van der Waals surface area (Å²) in [5.41, 5.74) is 2.08. The molecule has 0 aliphatic carbocycles.